The Morgan fingerprint density at radius 3 is 2.79 bits per heavy atom. The second-order valence-corrected chi connectivity index (χ2v) is 6.12. The van der Waals surface area contributed by atoms with Gasteiger partial charge in [0.15, 0.2) is 0 Å². The Labute approximate surface area is 118 Å². The molecule has 0 bridgehead atoms. The molecular weight excluding hydrogens is 238 g/mol. The SMILES string of the molecule is CCCC(C)CC(=O)NCCOC1CCCCC1C. The van der Waals surface area contributed by atoms with E-state index in [0.29, 0.717) is 37.5 Å². The Balaban J connectivity index is 2.05. The van der Waals surface area contributed by atoms with Gasteiger partial charge in [-0.2, -0.15) is 0 Å². The summed E-state index contributed by atoms with van der Waals surface area (Å²) in [6.07, 6.45) is 8.43. The zero-order chi connectivity index (χ0) is 14.1. The van der Waals surface area contributed by atoms with Crippen molar-refractivity contribution in [2.75, 3.05) is 13.2 Å². The Morgan fingerprint density at radius 2 is 2.11 bits per heavy atom. The largest absolute Gasteiger partial charge is 0.376 e. The molecule has 1 amide bonds. The number of hydrogen-bond donors (Lipinski definition) is 1. The van der Waals surface area contributed by atoms with Gasteiger partial charge < -0.3 is 10.1 Å². The Hall–Kier alpha value is -0.570. The van der Waals surface area contributed by atoms with E-state index in [1.807, 2.05) is 0 Å². The summed E-state index contributed by atoms with van der Waals surface area (Å²) in [4.78, 5) is 11.7. The summed E-state index contributed by atoms with van der Waals surface area (Å²) in [5.41, 5.74) is 0. The van der Waals surface area contributed by atoms with Crippen molar-refractivity contribution < 1.29 is 9.53 Å². The van der Waals surface area contributed by atoms with Crippen molar-refractivity contribution in [3.63, 3.8) is 0 Å². The van der Waals surface area contributed by atoms with E-state index >= 15 is 0 Å². The summed E-state index contributed by atoms with van der Waals surface area (Å²) in [6.45, 7) is 7.88. The van der Waals surface area contributed by atoms with Crippen LogP contribution in [0, 0.1) is 11.8 Å². The minimum Gasteiger partial charge on any atom is -0.376 e. The highest BCUT2D eigenvalue weighted by molar-refractivity contribution is 5.76. The smallest absolute Gasteiger partial charge is 0.220 e. The van der Waals surface area contributed by atoms with Crippen molar-refractivity contribution in [1.82, 2.24) is 5.32 Å². The van der Waals surface area contributed by atoms with Crippen LogP contribution in [0.5, 0.6) is 0 Å². The van der Waals surface area contributed by atoms with E-state index in [9.17, 15) is 4.79 Å². The predicted molar refractivity (Wildman–Crippen MR) is 79.1 cm³/mol. The third-order valence-corrected chi connectivity index (χ3v) is 4.10. The van der Waals surface area contributed by atoms with Gasteiger partial charge in [-0.3, -0.25) is 4.79 Å². The first kappa shape index (κ1) is 16.5. The lowest BCUT2D eigenvalue weighted by atomic mass is 9.88. The molecule has 0 saturated heterocycles. The first-order chi connectivity index (χ1) is 9.13. The molecule has 3 atom stereocenters. The molecule has 0 aliphatic heterocycles. The maximum absolute atomic E-state index is 11.7. The number of ether oxygens (including phenoxy) is 1. The van der Waals surface area contributed by atoms with Gasteiger partial charge in [0.1, 0.15) is 0 Å². The molecule has 0 aromatic heterocycles. The van der Waals surface area contributed by atoms with Gasteiger partial charge in [0.05, 0.1) is 12.7 Å². The van der Waals surface area contributed by atoms with Crippen LogP contribution < -0.4 is 5.32 Å². The van der Waals surface area contributed by atoms with Gasteiger partial charge >= 0.3 is 0 Å². The van der Waals surface area contributed by atoms with Crippen LogP contribution in [0.25, 0.3) is 0 Å². The minimum absolute atomic E-state index is 0.168. The molecule has 1 saturated carbocycles. The van der Waals surface area contributed by atoms with Gasteiger partial charge in [0.2, 0.25) is 5.91 Å². The second kappa shape index (κ2) is 9.35. The third-order valence-electron chi connectivity index (χ3n) is 4.10. The fraction of sp³-hybridized carbons (Fsp3) is 0.938. The molecule has 0 spiro atoms. The van der Waals surface area contributed by atoms with Crippen LogP contribution in [0.4, 0.5) is 0 Å². The van der Waals surface area contributed by atoms with E-state index in [2.05, 4.69) is 26.1 Å². The van der Waals surface area contributed by atoms with Crippen molar-refractivity contribution >= 4 is 5.91 Å². The molecule has 112 valence electrons. The minimum atomic E-state index is 0.168. The Morgan fingerprint density at radius 1 is 1.37 bits per heavy atom. The van der Waals surface area contributed by atoms with Gasteiger partial charge in [-0.05, 0) is 24.7 Å². The normalized spacial score (nSPS) is 25.0. The number of rotatable bonds is 8. The molecule has 3 unspecified atom stereocenters. The fourth-order valence-corrected chi connectivity index (χ4v) is 2.91. The highest BCUT2D eigenvalue weighted by Crippen LogP contribution is 2.25. The van der Waals surface area contributed by atoms with E-state index in [1.54, 1.807) is 0 Å². The predicted octanol–water partition coefficient (Wildman–Crippen LogP) is 3.52. The fourth-order valence-electron chi connectivity index (χ4n) is 2.91. The lowest BCUT2D eigenvalue weighted by Crippen LogP contribution is -2.32. The topological polar surface area (TPSA) is 38.3 Å². The third kappa shape index (κ3) is 6.95. The monoisotopic (exact) mass is 269 g/mol. The van der Waals surface area contributed by atoms with Gasteiger partial charge in [0.25, 0.3) is 0 Å². The Kier molecular flexibility index (Phi) is 8.11. The van der Waals surface area contributed by atoms with E-state index in [0.717, 1.165) is 12.8 Å². The van der Waals surface area contributed by atoms with Crippen molar-refractivity contribution in [3.05, 3.63) is 0 Å². The quantitative estimate of drug-likeness (QED) is 0.685. The Bertz CT molecular complexity index is 255. The first-order valence-corrected chi connectivity index (χ1v) is 8.01. The van der Waals surface area contributed by atoms with E-state index < -0.39 is 0 Å². The average Bonchev–Trinajstić information content (AvgIpc) is 2.36. The van der Waals surface area contributed by atoms with Crippen LogP contribution in [0.1, 0.15) is 65.7 Å². The molecule has 0 radical (unpaired) electrons. The molecular formula is C16H31NO2. The van der Waals surface area contributed by atoms with Crippen molar-refractivity contribution in [2.24, 2.45) is 11.8 Å². The lowest BCUT2D eigenvalue weighted by Gasteiger charge is -2.28. The summed E-state index contributed by atoms with van der Waals surface area (Å²) in [5.74, 6) is 1.33. The van der Waals surface area contributed by atoms with E-state index in [1.165, 1.54) is 25.7 Å². The maximum atomic E-state index is 11.7. The molecule has 1 aliphatic rings. The van der Waals surface area contributed by atoms with E-state index in [4.69, 9.17) is 4.74 Å². The van der Waals surface area contributed by atoms with Crippen LogP contribution in [0.2, 0.25) is 0 Å². The van der Waals surface area contributed by atoms with Gasteiger partial charge in [-0.15, -0.1) is 0 Å². The van der Waals surface area contributed by atoms with Gasteiger partial charge in [-0.25, -0.2) is 0 Å². The zero-order valence-corrected chi connectivity index (χ0v) is 12.9. The van der Waals surface area contributed by atoms with Crippen LogP contribution >= 0.6 is 0 Å². The summed E-state index contributed by atoms with van der Waals surface area (Å²) < 4.78 is 5.88. The molecule has 1 N–H and O–H groups in total. The number of amides is 1. The molecule has 0 aromatic rings. The molecule has 3 nitrogen and oxygen atoms in total. The molecule has 0 aromatic carbocycles. The van der Waals surface area contributed by atoms with Crippen molar-refractivity contribution in [3.8, 4) is 0 Å². The standard InChI is InChI=1S/C16H31NO2/c1-4-7-13(2)12-16(18)17-10-11-19-15-9-6-5-8-14(15)3/h13-15H,4-12H2,1-3H3,(H,17,18). The van der Waals surface area contributed by atoms with Crippen LogP contribution in [0.15, 0.2) is 0 Å². The van der Waals surface area contributed by atoms with Crippen LogP contribution in [0.3, 0.4) is 0 Å². The average molecular weight is 269 g/mol. The number of hydrogen-bond acceptors (Lipinski definition) is 2. The van der Waals surface area contributed by atoms with Gasteiger partial charge in [-0.1, -0.05) is 46.5 Å². The highest BCUT2D eigenvalue weighted by Gasteiger charge is 2.21. The van der Waals surface area contributed by atoms with Crippen LogP contribution in [-0.4, -0.2) is 25.2 Å². The second-order valence-electron chi connectivity index (χ2n) is 6.12. The summed E-state index contributed by atoms with van der Waals surface area (Å²) in [7, 11) is 0. The molecule has 19 heavy (non-hydrogen) atoms. The molecule has 0 heterocycles. The lowest BCUT2D eigenvalue weighted by molar-refractivity contribution is -0.122. The van der Waals surface area contributed by atoms with Gasteiger partial charge in [0, 0.05) is 13.0 Å². The molecule has 1 rings (SSSR count). The summed E-state index contributed by atoms with van der Waals surface area (Å²) >= 11 is 0. The first-order valence-electron chi connectivity index (χ1n) is 8.01. The van der Waals surface area contributed by atoms with Crippen molar-refractivity contribution in [2.45, 2.75) is 71.8 Å². The van der Waals surface area contributed by atoms with Crippen molar-refractivity contribution in [1.29, 1.82) is 0 Å². The summed E-state index contributed by atoms with van der Waals surface area (Å²) in [5, 5.41) is 2.96. The maximum Gasteiger partial charge on any atom is 0.220 e. The zero-order valence-electron chi connectivity index (χ0n) is 12.9. The molecule has 1 fully saturated rings. The number of carbonyl (C=O) groups is 1. The number of carbonyl (C=O) groups excluding carboxylic acids is 1. The van der Waals surface area contributed by atoms with E-state index in [-0.39, 0.29) is 5.91 Å². The number of nitrogens with one attached hydrogen (secondary N) is 1. The summed E-state index contributed by atoms with van der Waals surface area (Å²) in [6, 6.07) is 0. The molecule has 3 heteroatoms. The highest BCUT2D eigenvalue weighted by atomic mass is 16.5. The molecule has 1 aliphatic carbocycles. The van der Waals surface area contributed by atoms with Crippen LogP contribution in [-0.2, 0) is 9.53 Å².